The highest BCUT2D eigenvalue weighted by atomic mass is 32.2. The molecule has 0 unspecified atom stereocenters. The first kappa shape index (κ1) is 20.7. The zero-order valence-electron chi connectivity index (χ0n) is 16.1. The van der Waals surface area contributed by atoms with Gasteiger partial charge in [-0.3, -0.25) is 14.9 Å². The van der Waals surface area contributed by atoms with Gasteiger partial charge in [0.1, 0.15) is 22.6 Å². The average Bonchev–Trinajstić information content (AvgIpc) is 2.73. The molecule has 2 aromatic rings. The van der Waals surface area contributed by atoms with Crippen LogP contribution in [0.4, 0.5) is 11.4 Å². The second-order valence-electron chi connectivity index (χ2n) is 6.67. The number of piperazine rings is 1. The molecule has 0 atom stereocenters. The van der Waals surface area contributed by atoms with Crippen LogP contribution < -0.4 is 9.64 Å². The summed E-state index contributed by atoms with van der Waals surface area (Å²) in [5.41, 5.74) is 1.21. The number of aryl methyl sites for hydroxylation is 1. The first-order valence-corrected chi connectivity index (χ1v) is 10.4. The number of carbonyl (C=O) groups is 1. The number of nitro benzene ring substituents is 1. The number of hydrogen-bond acceptors (Lipinski definition) is 7. The molecule has 0 aliphatic carbocycles. The number of anilines is 1. The SMILES string of the molecule is COc1ccc(C)cc1S(=O)(=O)N1CCN(c2ccc(C=O)cc2[N+](=O)[O-])CC1. The Morgan fingerprint density at radius 3 is 2.38 bits per heavy atom. The Morgan fingerprint density at radius 1 is 1.10 bits per heavy atom. The predicted octanol–water partition coefficient (Wildman–Crippen LogP) is 2.24. The van der Waals surface area contributed by atoms with Crippen molar-refractivity contribution >= 4 is 27.7 Å². The van der Waals surface area contributed by atoms with Gasteiger partial charge in [0.05, 0.1) is 12.0 Å². The van der Waals surface area contributed by atoms with Gasteiger partial charge < -0.3 is 9.64 Å². The lowest BCUT2D eigenvalue weighted by molar-refractivity contribution is -0.384. The Hall–Kier alpha value is -2.98. The number of ether oxygens (including phenoxy) is 1. The average molecular weight is 419 g/mol. The van der Waals surface area contributed by atoms with E-state index in [1.54, 1.807) is 30.0 Å². The first-order valence-electron chi connectivity index (χ1n) is 8.91. The summed E-state index contributed by atoms with van der Waals surface area (Å²) in [5, 5.41) is 11.4. The molecule has 0 aromatic heterocycles. The van der Waals surface area contributed by atoms with E-state index < -0.39 is 14.9 Å². The number of methoxy groups -OCH3 is 1. The number of benzene rings is 2. The molecule has 3 rings (SSSR count). The number of hydrogen-bond donors (Lipinski definition) is 0. The smallest absolute Gasteiger partial charge is 0.293 e. The molecule has 0 spiro atoms. The summed E-state index contributed by atoms with van der Waals surface area (Å²) in [6, 6.07) is 9.23. The maximum absolute atomic E-state index is 13.1. The third-order valence-corrected chi connectivity index (χ3v) is 6.77. The van der Waals surface area contributed by atoms with Crippen LogP contribution in [-0.4, -0.2) is 57.2 Å². The molecule has 0 N–H and O–H groups in total. The second kappa shape index (κ2) is 8.18. The molecule has 0 radical (unpaired) electrons. The molecular formula is C19H21N3O6S. The maximum Gasteiger partial charge on any atom is 0.293 e. The van der Waals surface area contributed by atoms with Crippen LogP contribution in [0.3, 0.4) is 0 Å². The van der Waals surface area contributed by atoms with Crippen LogP contribution in [0, 0.1) is 17.0 Å². The van der Waals surface area contributed by atoms with Crippen LogP contribution in [-0.2, 0) is 10.0 Å². The van der Waals surface area contributed by atoms with Gasteiger partial charge in [-0.15, -0.1) is 0 Å². The molecule has 1 saturated heterocycles. The maximum atomic E-state index is 13.1. The van der Waals surface area contributed by atoms with E-state index in [0.29, 0.717) is 12.0 Å². The van der Waals surface area contributed by atoms with Crippen molar-refractivity contribution in [1.29, 1.82) is 0 Å². The second-order valence-corrected chi connectivity index (χ2v) is 8.57. The lowest BCUT2D eigenvalue weighted by atomic mass is 10.1. The highest BCUT2D eigenvalue weighted by Crippen LogP contribution is 2.32. The number of nitrogens with zero attached hydrogens (tertiary/aromatic N) is 3. The highest BCUT2D eigenvalue weighted by molar-refractivity contribution is 7.89. The molecule has 10 heteroatoms. The van der Waals surface area contributed by atoms with E-state index in [1.165, 1.54) is 29.6 Å². The van der Waals surface area contributed by atoms with E-state index in [9.17, 15) is 23.3 Å². The van der Waals surface area contributed by atoms with E-state index >= 15 is 0 Å². The number of nitro groups is 1. The molecule has 9 nitrogen and oxygen atoms in total. The summed E-state index contributed by atoms with van der Waals surface area (Å²) in [6.45, 7) is 2.72. The fourth-order valence-corrected chi connectivity index (χ4v) is 4.98. The monoisotopic (exact) mass is 419 g/mol. The zero-order chi connectivity index (χ0) is 21.2. The van der Waals surface area contributed by atoms with Crippen molar-refractivity contribution in [1.82, 2.24) is 4.31 Å². The van der Waals surface area contributed by atoms with Gasteiger partial charge in [-0.1, -0.05) is 6.07 Å². The minimum Gasteiger partial charge on any atom is -0.495 e. The fraction of sp³-hybridized carbons (Fsp3) is 0.316. The van der Waals surface area contributed by atoms with Crippen molar-refractivity contribution in [2.24, 2.45) is 0 Å². The zero-order valence-corrected chi connectivity index (χ0v) is 16.9. The normalized spacial score (nSPS) is 15.2. The van der Waals surface area contributed by atoms with Crippen LogP contribution in [0.15, 0.2) is 41.3 Å². The van der Waals surface area contributed by atoms with Crippen molar-refractivity contribution in [3.05, 3.63) is 57.6 Å². The topological polar surface area (TPSA) is 110 Å². The molecule has 154 valence electrons. The van der Waals surface area contributed by atoms with Gasteiger partial charge in [0.25, 0.3) is 5.69 Å². The summed E-state index contributed by atoms with van der Waals surface area (Å²) in [6.07, 6.45) is 0.552. The molecule has 1 heterocycles. The summed E-state index contributed by atoms with van der Waals surface area (Å²) in [7, 11) is -2.35. The first-order chi connectivity index (χ1) is 13.8. The van der Waals surface area contributed by atoms with Crippen LogP contribution in [0.5, 0.6) is 5.75 Å². The van der Waals surface area contributed by atoms with Crippen molar-refractivity contribution in [3.63, 3.8) is 0 Å². The summed E-state index contributed by atoms with van der Waals surface area (Å²) < 4.78 is 32.8. The van der Waals surface area contributed by atoms with Crippen molar-refractivity contribution < 1.29 is 22.9 Å². The van der Waals surface area contributed by atoms with Gasteiger partial charge in [-0.25, -0.2) is 8.42 Å². The third-order valence-electron chi connectivity index (χ3n) is 4.85. The van der Waals surface area contributed by atoms with E-state index in [2.05, 4.69) is 0 Å². The van der Waals surface area contributed by atoms with E-state index in [-0.39, 0.29) is 48.1 Å². The Morgan fingerprint density at radius 2 is 1.79 bits per heavy atom. The lowest BCUT2D eigenvalue weighted by Gasteiger charge is -2.35. The largest absolute Gasteiger partial charge is 0.495 e. The molecule has 0 bridgehead atoms. The van der Waals surface area contributed by atoms with Gasteiger partial charge in [-0.2, -0.15) is 4.31 Å². The Kier molecular flexibility index (Phi) is 5.85. The van der Waals surface area contributed by atoms with Gasteiger partial charge in [0, 0.05) is 37.8 Å². The van der Waals surface area contributed by atoms with Gasteiger partial charge in [0.15, 0.2) is 0 Å². The molecule has 29 heavy (non-hydrogen) atoms. The minimum atomic E-state index is -3.77. The summed E-state index contributed by atoms with van der Waals surface area (Å²) in [4.78, 5) is 23.6. The number of sulfonamides is 1. The van der Waals surface area contributed by atoms with Crippen molar-refractivity contribution in [2.45, 2.75) is 11.8 Å². The molecule has 2 aromatic carbocycles. The van der Waals surface area contributed by atoms with Crippen LogP contribution in [0.25, 0.3) is 0 Å². The molecule has 1 aliphatic rings. The quantitative estimate of drug-likeness (QED) is 0.401. The summed E-state index contributed by atoms with van der Waals surface area (Å²) >= 11 is 0. The number of rotatable bonds is 6. The molecule has 0 saturated carbocycles. The van der Waals surface area contributed by atoms with E-state index in [1.807, 2.05) is 0 Å². The minimum absolute atomic E-state index is 0.106. The Bertz CT molecular complexity index is 1050. The summed E-state index contributed by atoms with van der Waals surface area (Å²) in [5.74, 6) is 0.276. The third kappa shape index (κ3) is 4.08. The fourth-order valence-electron chi connectivity index (χ4n) is 3.32. The number of carbonyl (C=O) groups excluding carboxylic acids is 1. The Balaban J connectivity index is 1.83. The van der Waals surface area contributed by atoms with Crippen LogP contribution in [0.2, 0.25) is 0 Å². The Labute approximate surface area is 168 Å². The van der Waals surface area contributed by atoms with Crippen molar-refractivity contribution in [2.75, 3.05) is 38.2 Å². The predicted molar refractivity (Wildman–Crippen MR) is 107 cm³/mol. The highest BCUT2D eigenvalue weighted by Gasteiger charge is 2.32. The molecule has 0 amide bonds. The van der Waals surface area contributed by atoms with E-state index in [0.717, 1.165) is 5.56 Å². The molecule has 1 aliphatic heterocycles. The van der Waals surface area contributed by atoms with E-state index in [4.69, 9.17) is 4.74 Å². The van der Waals surface area contributed by atoms with Crippen LogP contribution in [0.1, 0.15) is 15.9 Å². The lowest BCUT2D eigenvalue weighted by Crippen LogP contribution is -2.48. The van der Waals surface area contributed by atoms with Crippen LogP contribution >= 0.6 is 0 Å². The molecule has 1 fully saturated rings. The number of aldehydes is 1. The van der Waals surface area contributed by atoms with Gasteiger partial charge in [0.2, 0.25) is 10.0 Å². The standard InChI is InChI=1S/C19H21N3O6S/c1-14-3-6-18(28-2)19(11-14)29(26,27)21-9-7-20(8-10-21)16-5-4-15(13-23)12-17(16)22(24)25/h3-6,11-13H,7-10H2,1-2H3. The van der Waals surface area contributed by atoms with Crippen molar-refractivity contribution in [3.8, 4) is 5.75 Å². The van der Waals surface area contributed by atoms with Gasteiger partial charge in [-0.05, 0) is 36.8 Å². The molecular weight excluding hydrogens is 398 g/mol. The van der Waals surface area contributed by atoms with Gasteiger partial charge >= 0.3 is 0 Å².